The molecule has 0 saturated heterocycles. The third-order valence-electron chi connectivity index (χ3n) is 14.4. The third-order valence-corrected chi connectivity index (χ3v) is 15.3. The van der Waals surface area contributed by atoms with Gasteiger partial charge in [-0.15, -0.1) is 0 Å². The Labute approximate surface area is 587 Å². The Morgan fingerprint density at radius 1 is 0.323 bits per heavy atom. The molecule has 0 rings (SSSR count). The van der Waals surface area contributed by atoms with Crippen LogP contribution >= 0.6 is 7.82 Å². The molecule has 0 aliphatic heterocycles. The lowest BCUT2D eigenvalue weighted by atomic mass is 10.1. The number of esters is 2. The van der Waals surface area contributed by atoms with E-state index in [1.165, 1.54) is 0 Å². The van der Waals surface area contributed by atoms with Gasteiger partial charge in [-0.25, -0.2) is 0 Å². The van der Waals surface area contributed by atoms with Gasteiger partial charge in [0.15, 0.2) is 6.10 Å². The predicted molar refractivity (Wildman–Crippen MR) is 414 cm³/mol. The molecule has 0 saturated carbocycles. The minimum absolute atomic E-state index is 0.0528. The van der Waals surface area contributed by atoms with Crippen molar-refractivity contribution < 1.29 is 42.1 Å². The van der Waals surface area contributed by atoms with Crippen molar-refractivity contribution in [2.45, 2.75) is 238 Å². The Morgan fingerprint density at radius 2 is 0.562 bits per heavy atom. The van der Waals surface area contributed by atoms with Crippen LogP contribution in [-0.2, 0) is 32.7 Å². The fourth-order valence-corrected chi connectivity index (χ4v) is 9.56. The van der Waals surface area contributed by atoms with Crippen LogP contribution in [0.3, 0.4) is 0 Å². The average molecular weight is 1340 g/mol. The maximum atomic E-state index is 12.9. The number of likely N-dealkylation sites (N-methyl/N-ethyl adjacent to an activating group) is 1. The quantitative estimate of drug-likeness (QED) is 0.0195. The summed E-state index contributed by atoms with van der Waals surface area (Å²) in [5.41, 5.74) is 0. The molecule has 9 nitrogen and oxygen atoms in total. The Morgan fingerprint density at radius 3 is 0.833 bits per heavy atom. The van der Waals surface area contributed by atoms with Crippen LogP contribution in [0.4, 0.5) is 0 Å². The van der Waals surface area contributed by atoms with Gasteiger partial charge in [0, 0.05) is 12.8 Å². The van der Waals surface area contributed by atoms with Crippen molar-refractivity contribution in [2.75, 3.05) is 47.5 Å². The molecule has 0 spiro atoms. The van der Waals surface area contributed by atoms with E-state index in [2.05, 4.69) is 257 Å². The third kappa shape index (κ3) is 76.8. The van der Waals surface area contributed by atoms with Crippen LogP contribution in [0.5, 0.6) is 0 Å². The Hall–Kier alpha value is -6.19. The molecular formula is C86H132NO8P. The van der Waals surface area contributed by atoms with Gasteiger partial charge in [0.25, 0.3) is 7.82 Å². The van der Waals surface area contributed by atoms with Gasteiger partial charge >= 0.3 is 11.9 Å². The van der Waals surface area contributed by atoms with Gasteiger partial charge in [-0.2, -0.15) is 0 Å². The Bertz CT molecular complexity index is 2520. The number of quaternary nitrogens is 1. The number of allylic oxidation sites excluding steroid dienone is 40. The van der Waals surface area contributed by atoms with Crippen molar-refractivity contribution in [3.63, 3.8) is 0 Å². The number of unbranched alkanes of at least 4 members (excludes halogenated alkanes) is 10. The minimum Gasteiger partial charge on any atom is -0.756 e. The SMILES string of the molecule is CC/C=C\C/C=C\C/C=C\C/C=C\C/C=C\C/C=C\C/C=C\C/C=C\C/C=C\C/C=C\C/C=C\CCCCCCCC(=O)OC(COC(=O)CCCCCCC/C=C\C/C=C\C/C=C\C/C=C\C/C=C\C/C=C\C/C=C\C/C=C\C/C=C\CC)COP(=O)([O-])OCC[N+](C)(C)C. The summed E-state index contributed by atoms with van der Waals surface area (Å²) >= 11 is 0. The number of hydrogen-bond acceptors (Lipinski definition) is 8. The molecule has 0 bridgehead atoms. The summed E-state index contributed by atoms with van der Waals surface area (Å²) in [4.78, 5) is 38.1. The molecule has 0 heterocycles. The van der Waals surface area contributed by atoms with Crippen molar-refractivity contribution in [3.8, 4) is 0 Å². The molecule has 10 heteroatoms. The highest BCUT2D eigenvalue weighted by Crippen LogP contribution is 2.38. The van der Waals surface area contributed by atoms with E-state index in [1.807, 2.05) is 21.1 Å². The highest BCUT2D eigenvalue weighted by molar-refractivity contribution is 7.45. The summed E-state index contributed by atoms with van der Waals surface area (Å²) in [6, 6.07) is 0. The second-order valence-electron chi connectivity index (χ2n) is 24.5. The van der Waals surface area contributed by atoms with Crippen LogP contribution in [0.2, 0.25) is 0 Å². The van der Waals surface area contributed by atoms with Gasteiger partial charge < -0.3 is 27.9 Å². The van der Waals surface area contributed by atoms with Gasteiger partial charge in [-0.1, -0.05) is 295 Å². The molecule has 2 atom stereocenters. The first-order valence-electron chi connectivity index (χ1n) is 36.7. The molecule has 0 aliphatic carbocycles. The summed E-state index contributed by atoms with van der Waals surface area (Å²) in [7, 11) is 1.10. The van der Waals surface area contributed by atoms with Crippen molar-refractivity contribution >= 4 is 19.8 Å². The maximum absolute atomic E-state index is 12.9. The molecule has 0 radical (unpaired) electrons. The topological polar surface area (TPSA) is 111 Å². The van der Waals surface area contributed by atoms with E-state index in [0.29, 0.717) is 23.9 Å². The zero-order valence-electron chi connectivity index (χ0n) is 60.7. The van der Waals surface area contributed by atoms with Gasteiger partial charge in [-0.3, -0.25) is 14.2 Å². The van der Waals surface area contributed by atoms with Crippen LogP contribution in [0.25, 0.3) is 0 Å². The summed E-state index contributed by atoms with van der Waals surface area (Å²) < 4.78 is 34.3. The number of rotatable bonds is 64. The standard InChI is InChI=1S/C86H132NO8P/c1-6-8-10-12-14-16-18-20-22-24-26-28-30-32-34-36-38-40-41-42-43-44-45-47-49-51-53-55-57-59-61-63-65-67-69-71-73-75-77-79-86(89)95-84(83-94-96(90,91)93-81-80-87(3,4)5)82-92-85(88)78-76-74-72-70-68-66-64-62-60-58-56-54-52-50-48-46-39-37-35-33-31-29-27-25-23-21-19-17-15-13-11-9-7-2/h8-11,14-17,20-23,26-29,32-35,38-40,42-43,45-47,50-53,56-59,62-65,84H,6-7,12-13,18-19,24-25,30-31,36-37,41,44,48-49,54-55,60-61,66-83H2,1-5H3/b10-8-,11-9-,16-14-,17-15-,22-20-,23-21-,28-26-,29-27-,34-32-,35-33-,40-38-,43-42-,46-39-,47-45-,52-50-,53-51-,58-56-,59-57-,64-62-,65-63-. The van der Waals surface area contributed by atoms with Crippen LogP contribution < -0.4 is 4.89 Å². The van der Waals surface area contributed by atoms with Crippen LogP contribution in [0, 0.1) is 0 Å². The van der Waals surface area contributed by atoms with Crippen molar-refractivity contribution in [2.24, 2.45) is 0 Å². The monoisotopic (exact) mass is 1340 g/mol. The average Bonchev–Trinajstić information content (AvgIpc) is 1.98. The van der Waals surface area contributed by atoms with Gasteiger partial charge in [-0.05, 0) is 167 Å². The number of carbonyl (C=O) groups excluding carboxylic acids is 2. The summed E-state index contributed by atoms with van der Waals surface area (Å²) in [6.07, 6.45) is 119. The lowest BCUT2D eigenvalue weighted by molar-refractivity contribution is -0.870. The van der Waals surface area contributed by atoms with E-state index in [0.717, 1.165) is 193 Å². The Balaban J connectivity index is 4.24. The fourth-order valence-electron chi connectivity index (χ4n) is 8.83. The van der Waals surface area contributed by atoms with Crippen molar-refractivity contribution in [1.29, 1.82) is 0 Å². The molecule has 0 aliphatic rings. The van der Waals surface area contributed by atoms with Gasteiger partial charge in [0.05, 0.1) is 27.7 Å². The van der Waals surface area contributed by atoms with Gasteiger partial charge in [0.1, 0.15) is 19.8 Å². The molecule has 0 aromatic carbocycles. The molecule has 0 aromatic heterocycles. The maximum Gasteiger partial charge on any atom is 0.306 e. The molecule has 534 valence electrons. The first-order chi connectivity index (χ1) is 47.0. The molecule has 0 fully saturated rings. The van der Waals surface area contributed by atoms with E-state index in [9.17, 15) is 19.0 Å². The van der Waals surface area contributed by atoms with Crippen LogP contribution in [0.1, 0.15) is 232 Å². The van der Waals surface area contributed by atoms with Crippen molar-refractivity contribution in [1.82, 2.24) is 0 Å². The number of nitrogens with zero attached hydrogens (tertiary/aromatic N) is 1. The number of ether oxygens (including phenoxy) is 2. The normalized spacial score (nSPS) is 14.5. The largest absolute Gasteiger partial charge is 0.756 e. The second kappa shape index (κ2) is 73.1. The zero-order chi connectivity index (χ0) is 69.7. The first-order valence-corrected chi connectivity index (χ1v) is 38.2. The van der Waals surface area contributed by atoms with Gasteiger partial charge in [0.2, 0.25) is 0 Å². The highest BCUT2D eigenvalue weighted by Gasteiger charge is 2.22. The van der Waals surface area contributed by atoms with E-state index in [-0.39, 0.29) is 26.1 Å². The summed E-state index contributed by atoms with van der Waals surface area (Å²) in [6.45, 7) is 3.93. The van der Waals surface area contributed by atoms with Crippen LogP contribution in [0.15, 0.2) is 243 Å². The first kappa shape index (κ1) is 89.8. The number of phosphoric acid groups is 1. The van der Waals surface area contributed by atoms with Crippen molar-refractivity contribution in [3.05, 3.63) is 243 Å². The Kier molecular flexibility index (Phi) is 68.4. The van der Waals surface area contributed by atoms with Crippen LogP contribution in [-0.4, -0.2) is 70.0 Å². The predicted octanol–water partition coefficient (Wildman–Crippen LogP) is 24.1. The molecular weight excluding hydrogens is 1210 g/mol. The van der Waals surface area contributed by atoms with E-state index in [4.69, 9.17) is 18.5 Å². The lowest BCUT2D eigenvalue weighted by Crippen LogP contribution is -2.37. The minimum atomic E-state index is -4.67. The fraction of sp³-hybridized carbons (Fsp3) is 0.512. The second-order valence-corrected chi connectivity index (χ2v) is 25.9. The molecule has 0 N–H and O–H groups in total. The molecule has 2 unspecified atom stereocenters. The lowest BCUT2D eigenvalue weighted by Gasteiger charge is -2.28. The molecule has 0 aromatic rings. The molecule has 0 amide bonds. The smallest absolute Gasteiger partial charge is 0.306 e. The van der Waals surface area contributed by atoms with E-state index in [1.54, 1.807) is 0 Å². The molecule has 96 heavy (non-hydrogen) atoms. The number of carbonyl (C=O) groups is 2. The summed E-state index contributed by atoms with van der Waals surface area (Å²) in [5, 5.41) is 0. The number of hydrogen-bond donors (Lipinski definition) is 0. The van der Waals surface area contributed by atoms with E-state index >= 15 is 0 Å². The summed E-state index contributed by atoms with van der Waals surface area (Å²) in [5.74, 6) is -0.899. The van der Waals surface area contributed by atoms with E-state index < -0.39 is 32.5 Å². The number of phosphoric ester groups is 1. The highest BCUT2D eigenvalue weighted by atomic mass is 31.2. The zero-order valence-corrected chi connectivity index (χ0v) is 61.6.